The van der Waals surface area contributed by atoms with Crippen LogP contribution in [0.2, 0.25) is 0 Å². The number of ketones is 1. The number of nitrogens with one attached hydrogen (secondary N) is 1. The van der Waals surface area contributed by atoms with E-state index in [-0.39, 0.29) is 5.78 Å². The number of rotatable bonds is 5. The molecule has 7 heteroatoms. The number of piperazine rings is 1. The van der Waals surface area contributed by atoms with Crippen LogP contribution in [-0.4, -0.2) is 42.2 Å². The van der Waals surface area contributed by atoms with E-state index in [0.717, 1.165) is 61.1 Å². The van der Waals surface area contributed by atoms with Crippen molar-refractivity contribution in [3.05, 3.63) is 53.3 Å². The van der Waals surface area contributed by atoms with E-state index in [1.54, 1.807) is 6.92 Å². The van der Waals surface area contributed by atoms with Crippen LogP contribution in [-0.2, 0) is 6.54 Å². The molecule has 2 aromatic heterocycles. The van der Waals surface area contributed by atoms with E-state index in [1.165, 1.54) is 4.90 Å². The van der Waals surface area contributed by atoms with Crippen molar-refractivity contribution < 1.29 is 18.5 Å². The van der Waals surface area contributed by atoms with Gasteiger partial charge in [-0.3, -0.25) is 4.79 Å². The Hall–Kier alpha value is -2.93. The lowest BCUT2D eigenvalue weighted by atomic mass is 10.1. The van der Waals surface area contributed by atoms with E-state index in [4.69, 9.17) is 8.83 Å². The first kappa shape index (κ1) is 18.4. The van der Waals surface area contributed by atoms with Crippen LogP contribution in [0.15, 0.2) is 39.2 Å². The molecule has 3 heterocycles. The molecule has 146 valence electrons. The van der Waals surface area contributed by atoms with Gasteiger partial charge >= 0.3 is 0 Å². The summed E-state index contributed by atoms with van der Waals surface area (Å²) in [7, 11) is 0. The zero-order valence-corrected chi connectivity index (χ0v) is 16.5. The minimum Gasteiger partial charge on any atom is -0.466 e. The molecular formula is C21H25N4O3+. The van der Waals surface area contributed by atoms with Crippen molar-refractivity contribution in [1.82, 2.24) is 10.2 Å². The molecule has 0 radical (unpaired) electrons. The molecular weight excluding hydrogens is 356 g/mol. The highest BCUT2D eigenvalue weighted by molar-refractivity contribution is 5.94. The van der Waals surface area contributed by atoms with Crippen molar-refractivity contribution in [3.63, 3.8) is 0 Å². The first-order valence-corrected chi connectivity index (χ1v) is 9.59. The monoisotopic (exact) mass is 381 g/mol. The molecule has 7 nitrogen and oxygen atoms in total. The first-order valence-electron chi connectivity index (χ1n) is 9.59. The van der Waals surface area contributed by atoms with Crippen LogP contribution >= 0.6 is 0 Å². The lowest BCUT2D eigenvalue weighted by Crippen LogP contribution is -3.13. The Morgan fingerprint density at radius 1 is 1.11 bits per heavy atom. The minimum absolute atomic E-state index is 0.0977. The van der Waals surface area contributed by atoms with Crippen LogP contribution in [0.4, 0.5) is 5.69 Å². The lowest BCUT2D eigenvalue weighted by molar-refractivity contribution is -0.915. The minimum atomic E-state index is 0.0977. The number of hydrogen-bond donors (Lipinski definition) is 1. The highest BCUT2D eigenvalue weighted by Gasteiger charge is 2.23. The van der Waals surface area contributed by atoms with Gasteiger partial charge in [-0.05, 0) is 51.1 Å². The molecule has 1 saturated heterocycles. The van der Waals surface area contributed by atoms with Gasteiger partial charge in [-0.15, -0.1) is 10.2 Å². The first-order chi connectivity index (χ1) is 13.5. The summed E-state index contributed by atoms with van der Waals surface area (Å²) in [4.78, 5) is 15.2. The molecule has 0 atom stereocenters. The zero-order valence-electron chi connectivity index (χ0n) is 16.5. The smallest absolute Gasteiger partial charge is 0.271 e. The Labute approximate surface area is 164 Å². The molecule has 0 spiro atoms. The van der Waals surface area contributed by atoms with E-state index in [1.807, 2.05) is 44.2 Å². The molecule has 0 unspecified atom stereocenters. The van der Waals surface area contributed by atoms with Crippen LogP contribution in [0.5, 0.6) is 0 Å². The number of hydrogen-bond acceptors (Lipinski definition) is 6. The highest BCUT2D eigenvalue weighted by Crippen LogP contribution is 2.25. The van der Waals surface area contributed by atoms with E-state index < -0.39 is 0 Å². The number of nitrogens with zero attached hydrogens (tertiary/aromatic N) is 3. The summed E-state index contributed by atoms with van der Waals surface area (Å²) in [6.07, 6.45) is 0. The van der Waals surface area contributed by atoms with Crippen LogP contribution in [0.1, 0.15) is 34.7 Å². The number of aromatic nitrogens is 2. The Kier molecular flexibility index (Phi) is 5.00. The van der Waals surface area contributed by atoms with Crippen molar-refractivity contribution in [3.8, 4) is 11.5 Å². The molecule has 0 saturated carbocycles. The van der Waals surface area contributed by atoms with Crippen LogP contribution in [0.25, 0.3) is 11.5 Å². The standard InChI is InChI=1S/C21H24N4O3/c1-14-12-19(16(3)27-14)21-23-22-20(28-21)13-24-8-10-25(11-9-24)18-6-4-17(5-7-18)15(2)26/h4-7,12H,8-11,13H2,1-3H3/p+1. The number of anilines is 1. The van der Waals surface area contributed by atoms with Crippen molar-refractivity contribution in [1.29, 1.82) is 0 Å². The van der Waals surface area contributed by atoms with Gasteiger partial charge in [0.15, 0.2) is 12.3 Å². The Balaban J connectivity index is 1.34. The molecule has 1 N–H and O–H groups in total. The molecule has 3 aromatic rings. The van der Waals surface area contributed by atoms with Crippen LogP contribution in [0, 0.1) is 13.8 Å². The molecule has 0 amide bonds. The molecule has 0 aliphatic carbocycles. The summed E-state index contributed by atoms with van der Waals surface area (Å²) < 4.78 is 11.4. The van der Waals surface area contributed by atoms with E-state index in [0.29, 0.717) is 11.8 Å². The predicted octanol–water partition coefficient (Wildman–Crippen LogP) is 2.05. The number of benzene rings is 1. The van der Waals surface area contributed by atoms with Gasteiger partial charge in [-0.2, -0.15) is 0 Å². The van der Waals surface area contributed by atoms with Crippen molar-refractivity contribution >= 4 is 11.5 Å². The number of aryl methyl sites for hydroxylation is 2. The van der Waals surface area contributed by atoms with Gasteiger partial charge in [0, 0.05) is 11.3 Å². The van der Waals surface area contributed by atoms with Gasteiger partial charge in [-0.25, -0.2) is 0 Å². The summed E-state index contributed by atoms with van der Waals surface area (Å²) in [5.41, 5.74) is 2.78. The number of carbonyl (C=O) groups is 1. The molecule has 1 aromatic carbocycles. The summed E-state index contributed by atoms with van der Waals surface area (Å²) >= 11 is 0. The van der Waals surface area contributed by atoms with Crippen molar-refractivity contribution in [2.24, 2.45) is 0 Å². The molecule has 1 fully saturated rings. The number of quaternary nitrogens is 1. The summed E-state index contributed by atoms with van der Waals surface area (Å²) in [6, 6.07) is 9.78. The largest absolute Gasteiger partial charge is 0.466 e. The molecule has 1 aliphatic rings. The summed E-state index contributed by atoms with van der Waals surface area (Å²) in [5.74, 6) is 2.91. The fourth-order valence-corrected chi connectivity index (χ4v) is 3.66. The summed E-state index contributed by atoms with van der Waals surface area (Å²) in [5, 5.41) is 8.40. The fourth-order valence-electron chi connectivity index (χ4n) is 3.66. The fraction of sp³-hybridized carbons (Fsp3) is 0.381. The second kappa shape index (κ2) is 7.59. The topological polar surface area (TPSA) is 76.8 Å². The molecule has 4 rings (SSSR count). The zero-order chi connectivity index (χ0) is 19.7. The maximum absolute atomic E-state index is 11.4. The second-order valence-electron chi connectivity index (χ2n) is 7.34. The Bertz CT molecular complexity index is 966. The lowest BCUT2D eigenvalue weighted by Gasteiger charge is -2.33. The van der Waals surface area contributed by atoms with Gasteiger partial charge in [0.25, 0.3) is 11.8 Å². The number of Topliss-reactive ketones (excluding diaryl/α,β-unsaturated/α-hetero) is 1. The molecule has 28 heavy (non-hydrogen) atoms. The summed E-state index contributed by atoms with van der Waals surface area (Å²) in [6.45, 7) is 10.0. The highest BCUT2D eigenvalue weighted by atomic mass is 16.4. The average molecular weight is 381 g/mol. The maximum atomic E-state index is 11.4. The third-order valence-corrected chi connectivity index (χ3v) is 5.25. The Morgan fingerprint density at radius 3 is 2.43 bits per heavy atom. The SMILES string of the molecule is CC(=O)c1ccc(N2CC[NH+](Cc3nnc(-c4cc(C)oc4C)o3)CC2)cc1. The number of furan rings is 1. The molecule has 0 bridgehead atoms. The van der Waals surface area contributed by atoms with Gasteiger partial charge in [0.2, 0.25) is 0 Å². The maximum Gasteiger partial charge on any atom is 0.271 e. The second-order valence-corrected chi connectivity index (χ2v) is 7.34. The molecule has 1 aliphatic heterocycles. The third kappa shape index (κ3) is 3.84. The van der Waals surface area contributed by atoms with Gasteiger partial charge < -0.3 is 18.6 Å². The van der Waals surface area contributed by atoms with E-state index in [2.05, 4.69) is 15.1 Å². The number of carbonyl (C=O) groups excluding carboxylic acids is 1. The average Bonchev–Trinajstić information content (AvgIpc) is 3.28. The van der Waals surface area contributed by atoms with E-state index in [9.17, 15) is 4.79 Å². The van der Waals surface area contributed by atoms with Gasteiger partial charge in [-0.1, -0.05) is 0 Å². The van der Waals surface area contributed by atoms with Crippen molar-refractivity contribution in [2.45, 2.75) is 27.3 Å². The van der Waals surface area contributed by atoms with Crippen LogP contribution in [0.3, 0.4) is 0 Å². The normalized spacial score (nSPS) is 15.2. The van der Waals surface area contributed by atoms with Gasteiger partial charge in [0.1, 0.15) is 11.5 Å². The predicted molar refractivity (Wildman–Crippen MR) is 105 cm³/mol. The van der Waals surface area contributed by atoms with E-state index >= 15 is 0 Å². The van der Waals surface area contributed by atoms with Gasteiger partial charge in [0.05, 0.1) is 31.7 Å². The van der Waals surface area contributed by atoms with Crippen LogP contribution < -0.4 is 9.80 Å². The Morgan fingerprint density at radius 2 is 1.82 bits per heavy atom. The van der Waals surface area contributed by atoms with Crippen molar-refractivity contribution in [2.75, 3.05) is 31.1 Å². The quantitative estimate of drug-likeness (QED) is 0.682. The third-order valence-electron chi connectivity index (χ3n) is 5.25.